The quantitative estimate of drug-likeness (QED) is 0.287. The monoisotopic (exact) mass is 558 g/mol. The van der Waals surface area contributed by atoms with Gasteiger partial charge in [-0.15, -0.1) is 0 Å². The van der Waals surface area contributed by atoms with E-state index in [1.54, 1.807) is 7.05 Å². The third-order valence-corrected chi connectivity index (χ3v) is 8.33. The number of halogens is 1. The summed E-state index contributed by atoms with van der Waals surface area (Å²) >= 11 is 1.24. The third kappa shape index (κ3) is 6.62. The zero-order valence-electron chi connectivity index (χ0n) is 22.3. The van der Waals surface area contributed by atoms with E-state index >= 15 is 0 Å². The first kappa shape index (κ1) is 27.6. The molecule has 1 atom stereocenters. The molecule has 1 aliphatic carbocycles. The van der Waals surface area contributed by atoms with Gasteiger partial charge in [0, 0.05) is 7.05 Å². The summed E-state index contributed by atoms with van der Waals surface area (Å²) in [6.45, 7) is 0.494. The van der Waals surface area contributed by atoms with Crippen LogP contribution in [0, 0.1) is 0 Å². The zero-order chi connectivity index (χ0) is 28.1. The Labute approximate surface area is 237 Å². The van der Waals surface area contributed by atoms with Gasteiger partial charge in [0.25, 0.3) is 5.91 Å². The van der Waals surface area contributed by atoms with Crippen molar-refractivity contribution in [1.82, 2.24) is 4.90 Å². The number of amidine groups is 1. The minimum absolute atomic E-state index is 0.0422. The summed E-state index contributed by atoms with van der Waals surface area (Å²) in [4.78, 5) is 30.1. The molecule has 1 saturated carbocycles. The Morgan fingerprint density at radius 2 is 1.73 bits per heavy atom. The molecule has 1 aliphatic heterocycles. The Balaban J connectivity index is 1.18. The van der Waals surface area contributed by atoms with Crippen LogP contribution < -0.4 is 4.74 Å². The second kappa shape index (κ2) is 12.5. The van der Waals surface area contributed by atoms with Gasteiger partial charge in [-0.3, -0.25) is 9.69 Å². The van der Waals surface area contributed by atoms with Crippen LogP contribution in [0.2, 0.25) is 0 Å². The summed E-state index contributed by atoms with van der Waals surface area (Å²) in [5.41, 5.74) is 3.97. The normalized spacial score (nSPS) is 18.9. The van der Waals surface area contributed by atoms with Crippen molar-refractivity contribution in [3.63, 3.8) is 0 Å². The molecule has 1 amide bonds. The number of amides is 1. The van der Waals surface area contributed by atoms with E-state index in [1.165, 1.54) is 78.6 Å². The van der Waals surface area contributed by atoms with E-state index in [-0.39, 0.29) is 11.5 Å². The summed E-state index contributed by atoms with van der Waals surface area (Å²) in [6.07, 6.45) is 6.32. The van der Waals surface area contributed by atoms with Crippen LogP contribution >= 0.6 is 11.8 Å². The Bertz CT molecular complexity index is 1410. The number of alkyl halides is 1. The Morgan fingerprint density at radius 3 is 2.38 bits per heavy atom. The molecule has 5 rings (SSSR count). The van der Waals surface area contributed by atoms with Gasteiger partial charge in [-0.25, -0.2) is 14.2 Å². The molecule has 1 saturated heterocycles. The van der Waals surface area contributed by atoms with Crippen molar-refractivity contribution in [2.45, 2.75) is 50.8 Å². The molecule has 1 heterocycles. The lowest BCUT2D eigenvalue weighted by Crippen LogP contribution is -2.23. The number of aliphatic imine (C=N–C) groups is 1. The number of carbonyl (C=O) groups is 2. The minimum Gasteiger partial charge on any atom is -0.489 e. The van der Waals surface area contributed by atoms with E-state index in [2.05, 4.69) is 29.3 Å². The number of thioether (sulfide) groups is 1. The van der Waals surface area contributed by atoms with Crippen molar-refractivity contribution in [3.8, 4) is 5.75 Å². The number of likely N-dealkylation sites (N-methyl/N-ethyl adjacent to an activating group) is 1. The molecule has 206 valence electrons. The van der Waals surface area contributed by atoms with Crippen LogP contribution in [0.4, 0.5) is 10.1 Å². The topological polar surface area (TPSA) is 79.2 Å². The molecule has 40 heavy (non-hydrogen) atoms. The second-order valence-electron chi connectivity index (χ2n) is 10.1. The Hall–Kier alpha value is -3.91. The molecule has 3 aromatic carbocycles. The fourth-order valence-electron chi connectivity index (χ4n) is 4.92. The highest BCUT2D eigenvalue weighted by molar-refractivity contribution is 8.18. The van der Waals surface area contributed by atoms with Crippen LogP contribution in [-0.4, -0.2) is 34.1 Å². The molecule has 0 spiro atoms. The lowest BCUT2D eigenvalue weighted by atomic mass is 9.84. The third-order valence-electron chi connectivity index (χ3n) is 7.27. The molecule has 8 heteroatoms. The molecule has 2 fully saturated rings. The van der Waals surface area contributed by atoms with Gasteiger partial charge in [-0.05, 0) is 83.1 Å². The van der Waals surface area contributed by atoms with Crippen LogP contribution in [-0.2, 0) is 16.2 Å². The molecular weight excluding hydrogens is 527 g/mol. The van der Waals surface area contributed by atoms with Crippen molar-refractivity contribution in [3.05, 3.63) is 100.0 Å². The summed E-state index contributed by atoms with van der Waals surface area (Å²) in [5, 5.41) is 9.30. The number of carboxylic acids is 1. The van der Waals surface area contributed by atoms with E-state index in [4.69, 9.17) is 9.84 Å². The second-order valence-corrected chi connectivity index (χ2v) is 11.1. The maximum atomic E-state index is 13.7. The van der Waals surface area contributed by atoms with Crippen LogP contribution in [0.25, 0.3) is 6.08 Å². The first-order chi connectivity index (χ1) is 19.4. The van der Waals surface area contributed by atoms with E-state index in [0.29, 0.717) is 28.3 Å². The predicted octanol–water partition coefficient (Wildman–Crippen LogP) is 7.64. The highest BCUT2D eigenvalue weighted by Gasteiger charge is 2.30. The highest BCUT2D eigenvalue weighted by Crippen LogP contribution is 2.34. The van der Waals surface area contributed by atoms with Crippen molar-refractivity contribution in [2.75, 3.05) is 7.05 Å². The molecule has 0 radical (unpaired) electrons. The number of carboxylic acid groups (broad SMARTS) is 1. The van der Waals surface area contributed by atoms with Gasteiger partial charge in [0.1, 0.15) is 12.4 Å². The zero-order valence-corrected chi connectivity index (χ0v) is 23.1. The van der Waals surface area contributed by atoms with E-state index in [1.807, 2.05) is 30.3 Å². The number of ether oxygens (including phenoxy) is 1. The van der Waals surface area contributed by atoms with Gasteiger partial charge in [-0.1, -0.05) is 67.8 Å². The number of nitrogens with zero attached hydrogens (tertiary/aromatic N) is 2. The minimum atomic E-state index is -2.09. The lowest BCUT2D eigenvalue weighted by molar-refractivity contribution is -0.143. The van der Waals surface area contributed by atoms with Gasteiger partial charge in [0.05, 0.1) is 10.6 Å². The SMILES string of the molecule is CN1C(=O)/C(=C/c2ccc(OCc3ccc(C4CCCCC4)cc3)cc2)S/C1=N/c1ccc(C(F)C(=O)O)cc1. The number of benzene rings is 3. The molecule has 0 aromatic heterocycles. The van der Waals surface area contributed by atoms with E-state index in [9.17, 15) is 14.0 Å². The van der Waals surface area contributed by atoms with Crippen molar-refractivity contribution in [1.29, 1.82) is 0 Å². The van der Waals surface area contributed by atoms with E-state index < -0.39 is 12.1 Å². The van der Waals surface area contributed by atoms with Crippen molar-refractivity contribution >= 4 is 40.6 Å². The first-order valence-electron chi connectivity index (χ1n) is 13.4. The number of hydrogen-bond donors (Lipinski definition) is 1. The van der Waals surface area contributed by atoms with Gasteiger partial charge >= 0.3 is 5.97 Å². The predicted molar refractivity (Wildman–Crippen MR) is 156 cm³/mol. The van der Waals surface area contributed by atoms with Gasteiger partial charge in [-0.2, -0.15) is 0 Å². The van der Waals surface area contributed by atoms with Crippen molar-refractivity contribution < 1.29 is 23.8 Å². The molecule has 6 nitrogen and oxygen atoms in total. The highest BCUT2D eigenvalue weighted by atomic mass is 32.2. The summed E-state index contributed by atoms with van der Waals surface area (Å²) in [7, 11) is 1.64. The van der Waals surface area contributed by atoms with Gasteiger partial charge in [0.15, 0.2) is 5.17 Å². The summed E-state index contributed by atoms with van der Waals surface area (Å²) in [5.74, 6) is -0.262. The summed E-state index contributed by atoms with van der Waals surface area (Å²) in [6, 6.07) is 22.2. The number of aliphatic carboxylic acids is 1. The van der Waals surface area contributed by atoms with Gasteiger partial charge in [0.2, 0.25) is 6.17 Å². The standard InChI is InChI=1S/C32H31FN2O4S/c1-35-30(36)28(40-32(35)34-26-15-13-25(14-16-26)29(33)31(37)38)19-21-9-17-27(18-10-21)39-20-22-7-11-24(12-8-22)23-5-3-2-4-6-23/h7-19,23,29H,2-6,20H2,1H3,(H,37,38)/b28-19-,34-32+. The average molecular weight is 559 g/mol. The number of rotatable bonds is 8. The smallest absolute Gasteiger partial charge is 0.343 e. The molecule has 3 aromatic rings. The first-order valence-corrected chi connectivity index (χ1v) is 14.2. The molecule has 1 N–H and O–H groups in total. The van der Waals surface area contributed by atoms with Crippen LogP contribution in [0.3, 0.4) is 0 Å². The fraction of sp³-hybridized carbons (Fsp3) is 0.281. The maximum Gasteiger partial charge on any atom is 0.343 e. The maximum absolute atomic E-state index is 13.7. The Morgan fingerprint density at radius 1 is 1.05 bits per heavy atom. The molecular formula is C32H31FN2O4S. The number of hydrogen-bond acceptors (Lipinski definition) is 5. The summed E-state index contributed by atoms with van der Waals surface area (Å²) < 4.78 is 19.7. The molecule has 0 bridgehead atoms. The van der Waals surface area contributed by atoms with Crippen LogP contribution in [0.15, 0.2) is 82.7 Å². The Kier molecular flexibility index (Phi) is 8.65. The van der Waals surface area contributed by atoms with E-state index in [0.717, 1.165) is 16.9 Å². The molecule has 1 unspecified atom stereocenters. The van der Waals surface area contributed by atoms with Crippen LogP contribution in [0.1, 0.15) is 66.4 Å². The van der Waals surface area contributed by atoms with Crippen molar-refractivity contribution in [2.24, 2.45) is 4.99 Å². The number of carbonyl (C=O) groups excluding carboxylic acids is 1. The average Bonchev–Trinajstić information content (AvgIpc) is 3.25. The molecule has 2 aliphatic rings. The largest absolute Gasteiger partial charge is 0.489 e. The van der Waals surface area contributed by atoms with Crippen LogP contribution in [0.5, 0.6) is 5.75 Å². The van der Waals surface area contributed by atoms with Gasteiger partial charge < -0.3 is 9.84 Å². The lowest BCUT2D eigenvalue weighted by Gasteiger charge is -2.22. The fourth-order valence-corrected chi connectivity index (χ4v) is 5.91.